The zero-order chi connectivity index (χ0) is 19.0. The number of rotatable bonds is 7. The summed E-state index contributed by atoms with van der Waals surface area (Å²) in [5, 5.41) is 0. The van der Waals surface area contributed by atoms with E-state index in [0.717, 1.165) is 23.7 Å². The summed E-state index contributed by atoms with van der Waals surface area (Å²) in [6.07, 6.45) is 10.8. The predicted octanol–water partition coefficient (Wildman–Crippen LogP) is 7.04. The van der Waals surface area contributed by atoms with E-state index in [4.69, 9.17) is 5.73 Å². The molecule has 0 aromatic rings. The van der Waals surface area contributed by atoms with Gasteiger partial charge in [-0.1, -0.05) is 61.8 Å². The summed E-state index contributed by atoms with van der Waals surface area (Å²) in [5.74, 6) is 3.30. The Labute approximate surface area is 158 Å². The molecule has 25 heavy (non-hydrogen) atoms. The van der Waals surface area contributed by atoms with E-state index >= 15 is 0 Å². The van der Waals surface area contributed by atoms with Crippen LogP contribution in [0.25, 0.3) is 0 Å². The average Bonchev–Trinajstić information content (AvgIpc) is 2.97. The van der Waals surface area contributed by atoms with E-state index in [1.54, 1.807) is 0 Å². The molecule has 0 spiro atoms. The van der Waals surface area contributed by atoms with Gasteiger partial charge in [-0.25, -0.2) is 0 Å². The molecule has 2 aliphatic carbocycles. The molecule has 2 fully saturated rings. The molecule has 0 aromatic carbocycles. The molecule has 0 heterocycles. The number of hydrogen-bond donors (Lipinski definition) is 1. The van der Waals surface area contributed by atoms with Crippen LogP contribution in [-0.4, -0.2) is 6.04 Å². The zero-order valence-electron chi connectivity index (χ0n) is 18.6. The van der Waals surface area contributed by atoms with Crippen LogP contribution < -0.4 is 5.73 Å². The smallest absolute Gasteiger partial charge is 0.00726 e. The minimum atomic E-state index is 0.401. The summed E-state index contributed by atoms with van der Waals surface area (Å²) in [7, 11) is 0. The first-order valence-electron chi connectivity index (χ1n) is 11.1. The molecular formula is C24H47N. The monoisotopic (exact) mass is 349 g/mol. The Morgan fingerprint density at radius 1 is 1.04 bits per heavy atom. The lowest BCUT2D eigenvalue weighted by Gasteiger charge is -2.34. The summed E-state index contributed by atoms with van der Waals surface area (Å²) in [4.78, 5) is 0. The summed E-state index contributed by atoms with van der Waals surface area (Å²) < 4.78 is 0. The molecule has 0 saturated heterocycles. The SMILES string of the molecule is CCC(C)(C)CC(C)C[C@H](N)C1CC(C)(C)C[C@H]1C1CCC(C)(C)C1. The Bertz CT molecular complexity index is 433. The fourth-order valence-corrected chi connectivity index (χ4v) is 6.31. The Hall–Kier alpha value is -0.0400. The van der Waals surface area contributed by atoms with Crippen molar-refractivity contribution in [2.45, 2.75) is 113 Å². The second-order valence-electron chi connectivity index (χ2n) is 12.3. The third-order valence-corrected chi connectivity index (χ3v) is 7.82. The molecule has 1 nitrogen and oxygen atoms in total. The molecule has 3 unspecified atom stereocenters. The molecule has 0 aliphatic heterocycles. The van der Waals surface area contributed by atoms with Gasteiger partial charge in [-0.2, -0.15) is 0 Å². The van der Waals surface area contributed by atoms with Gasteiger partial charge in [0.15, 0.2) is 0 Å². The standard InChI is InChI=1S/C24H47N/c1-9-22(3,4)13-17(2)12-21(25)20-16-24(7,8)15-19(20)18-10-11-23(5,6)14-18/h17-21H,9-16,25H2,1-8H3/t17?,18?,19-,20?,21-/m0/s1. The summed E-state index contributed by atoms with van der Waals surface area (Å²) in [6, 6.07) is 0.401. The Morgan fingerprint density at radius 3 is 2.20 bits per heavy atom. The van der Waals surface area contributed by atoms with E-state index < -0.39 is 0 Å². The topological polar surface area (TPSA) is 26.0 Å². The van der Waals surface area contributed by atoms with Crippen molar-refractivity contribution < 1.29 is 0 Å². The van der Waals surface area contributed by atoms with Crippen molar-refractivity contribution in [3.63, 3.8) is 0 Å². The van der Waals surface area contributed by atoms with Crippen LogP contribution in [0.5, 0.6) is 0 Å². The van der Waals surface area contributed by atoms with Gasteiger partial charge in [-0.05, 0) is 84.9 Å². The van der Waals surface area contributed by atoms with Crippen LogP contribution in [0.2, 0.25) is 0 Å². The summed E-state index contributed by atoms with van der Waals surface area (Å²) >= 11 is 0. The van der Waals surface area contributed by atoms with E-state index in [1.807, 2.05) is 0 Å². The third-order valence-electron chi connectivity index (χ3n) is 7.82. The number of hydrogen-bond acceptors (Lipinski definition) is 1. The first-order valence-corrected chi connectivity index (χ1v) is 11.1. The van der Waals surface area contributed by atoms with Crippen LogP contribution in [0.15, 0.2) is 0 Å². The van der Waals surface area contributed by atoms with Gasteiger partial charge in [0.1, 0.15) is 0 Å². The molecule has 2 rings (SSSR count). The van der Waals surface area contributed by atoms with Crippen molar-refractivity contribution in [2.24, 2.45) is 45.7 Å². The third kappa shape index (κ3) is 5.72. The van der Waals surface area contributed by atoms with Gasteiger partial charge in [0.05, 0.1) is 0 Å². The fraction of sp³-hybridized carbons (Fsp3) is 1.00. The van der Waals surface area contributed by atoms with Crippen molar-refractivity contribution in [3.8, 4) is 0 Å². The van der Waals surface area contributed by atoms with Gasteiger partial charge >= 0.3 is 0 Å². The van der Waals surface area contributed by atoms with Gasteiger partial charge in [0.25, 0.3) is 0 Å². The highest BCUT2D eigenvalue weighted by atomic mass is 14.7. The maximum absolute atomic E-state index is 6.89. The largest absolute Gasteiger partial charge is 0.327 e. The molecule has 0 aromatic heterocycles. The first-order chi connectivity index (χ1) is 11.3. The van der Waals surface area contributed by atoms with E-state index in [0.29, 0.717) is 22.3 Å². The Morgan fingerprint density at radius 2 is 1.68 bits per heavy atom. The lowest BCUT2D eigenvalue weighted by Crippen LogP contribution is -2.37. The molecule has 5 atom stereocenters. The normalized spacial score (nSPS) is 34.2. The van der Waals surface area contributed by atoms with Gasteiger partial charge in [-0.15, -0.1) is 0 Å². The van der Waals surface area contributed by atoms with Crippen molar-refractivity contribution in [1.29, 1.82) is 0 Å². The van der Waals surface area contributed by atoms with Crippen LogP contribution >= 0.6 is 0 Å². The predicted molar refractivity (Wildman–Crippen MR) is 112 cm³/mol. The molecule has 2 saturated carbocycles. The maximum atomic E-state index is 6.89. The molecule has 1 heteroatoms. The van der Waals surface area contributed by atoms with Crippen LogP contribution in [0.4, 0.5) is 0 Å². The lowest BCUT2D eigenvalue weighted by molar-refractivity contribution is 0.187. The Kier molecular flexibility index (Phi) is 6.40. The Balaban J connectivity index is 2.01. The van der Waals surface area contributed by atoms with Crippen LogP contribution in [-0.2, 0) is 0 Å². The van der Waals surface area contributed by atoms with Gasteiger partial charge in [0.2, 0.25) is 0 Å². The molecule has 0 bridgehead atoms. The van der Waals surface area contributed by atoms with Crippen LogP contribution in [0.1, 0.15) is 107 Å². The van der Waals surface area contributed by atoms with Crippen molar-refractivity contribution in [1.82, 2.24) is 0 Å². The lowest BCUT2D eigenvalue weighted by atomic mass is 9.74. The zero-order valence-corrected chi connectivity index (χ0v) is 18.6. The fourth-order valence-electron chi connectivity index (χ4n) is 6.31. The summed E-state index contributed by atoms with van der Waals surface area (Å²) in [6.45, 7) is 19.5. The van der Waals surface area contributed by atoms with Gasteiger partial charge in [-0.3, -0.25) is 0 Å². The molecule has 0 radical (unpaired) electrons. The summed E-state index contributed by atoms with van der Waals surface area (Å²) in [5.41, 5.74) is 8.40. The van der Waals surface area contributed by atoms with E-state index in [1.165, 1.54) is 51.4 Å². The van der Waals surface area contributed by atoms with E-state index in [-0.39, 0.29) is 0 Å². The second kappa shape index (κ2) is 7.53. The van der Waals surface area contributed by atoms with E-state index in [9.17, 15) is 0 Å². The molecule has 2 N–H and O–H groups in total. The minimum Gasteiger partial charge on any atom is -0.327 e. The van der Waals surface area contributed by atoms with Crippen molar-refractivity contribution in [3.05, 3.63) is 0 Å². The van der Waals surface area contributed by atoms with Gasteiger partial charge < -0.3 is 5.73 Å². The second-order valence-corrected chi connectivity index (χ2v) is 12.3. The molecule has 0 amide bonds. The highest BCUT2D eigenvalue weighted by Crippen LogP contribution is 2.55. The number of nitrogens with two attached hydrogens (primary N) is 1. The quantitative estimate of drug-likeness (QED) is 0.524. The van der Waals surface area contributed by atoms with Crippen LogP contribution in [0.3, 0.4) is 0 Å². The first kappa shape index (κ1) is 21.3. The van der Waals surface area contributed by atoms with Crippen molar-refractivity contribution >= 4 is 0 Å². The van der Waals surface area contributed by atoms with Gasteiger partial charge in [0, 0.05) is 6.04 Å². The molecular weight excluding hydrogens is 302 g/mol. The average molecular weight is 350 g/mol. The molecule has 148 valence electrons. The van der Waals surface area contributed by atoms with E-state index in [2.05, 4.69) is 55.4 Å². The van der Waals surface area contributed by atoms with Crippen LogP contribution in [0, 0.1) is 39.9 Å². The highest BCUT2D eigenvalue weighted by Gasteiger charge is 2.47. The van der Waals surface area contributed by atoms with Crippen molar-refractivity contribution in [2.75, 3.05) is 0 Å². The molecule has 2 aliphatic rings. The minimum absolute atomic E-state index is 0.401. The highest BCUT2D eigenvalue weighted by molar-refractivity contribution is 4.99. The maximum Gasteiger partial charge on any atom is 0.00726 e.